The maximum atomic E-state index is 13.0. The number of rotatable bonds is 4. The largest absolute Gasteiger partial charge is 0.340 e. The van der Waals surface area contributed by atoms with Crippen LogP contribution in [-0.2, 0) is 11.3 Å². The molecular weight excluding hydrogens is 378 g/mol. The highest BCUT2D eigenvalue weighted by atomic mass is 16.2. The Morgan fingerprint density at radius 1 is 1.00 bits per heavy atom. The number of hydrogen-bond acceptors (Lipinski definition) is 4. The van der Waals surface area contributed by atoms with E-state index in [1.165, 1.54) is 32.1 Å². The number of fused-ring (bicyclic) bond motifs is 3. The van der Waals surface area contributed by atoms with Crippen LogP contribution in [0.3, 0.4) is 0 Å². The molecule has 1 aliphatic carbocycles. The molecule has 0 N–H and O–H groups in total. The molecule has 0 aromatic carbocycles. The van der Waals surface area contributed by atoms with Crippen LogP contribution in [0.4, 0.5) is 0 Å². The molecule has 0 radical (unpaired) electrons. The molecule has 30 heavy (non-hydrogen) atoms. The third-order valence-electron chi connectivity index (χ3n) is 6.80. The molecule has 0 bridgehead atoms. The lowest BCUT2D eigenvalue weighted by Gasteiger charge is -2.40. The Labute approximate surface area is 175 Å². The Hall–Kier alpha value is -2.67. The second kappa shape index (κ2) is 8.22. The first-order valence-corrected chi connectivity index (χ1v) is 11.2. The van der Waals surface area contributed by atoms with Crippen LogP contribution in [0.2, 0.25) is 0 Å². The van der Waals surface area contributed by atoms with Gasteiger partial charge in [-0.25, -0.2) is 4.98 Å². The van der Waals surface area contributed by atoms with Crippen LogP contribution >= 0.6 is 0 Å². The molecule has 4 heterocycles. The zero-order chi connectivity index (χ0) is 20.5. The summed E-state index contributed by atoms with van der Waals surface area (Å²) < 4.78 is 3.52. The van der Waals surface area contributed by atoms with Crippen molar-refractivity contribution in [3.8, 4) is 0 Å². The Bertz CT molecular complexity index is 1100. The summed E-state index contributed by atoms with van der Waals surface area (Å²) in [4.78, 5) is 34.8. The van der Waals surface area contributed by atoms with Gasteiger partial charge in [0.2, 0.25) is 5.91 Å². The quantitative estimate of drug-likeness (QED) is 0.667. The standard InChI is InChI=1S/C23H29N5O2/c29-21(26-16-14-25(15-17-26)18-6-2-1-3-7-18)10-13-28-22-19(8-4-11-24-22)27-12-5-9-20(27)23(28)30/h4-5,8-9,11-12,18H,1-3,6-7,10,13-17H2. The summed E-state index contributed by atoms with van der Waals surface area (Å²) in [5.74, 6) is 0.129. The van der Waals surface area contributed by atoms with E-state index in [2.05, 4.69) is 9.88 Å². The van der Waals surface area contributed by atoms with Gasteiger partial charge in [-0.1, -0.05) is 19.3 Å². The van der Waals surface area contributed by atoms with Crippen molar-refractivity contribution in [3.63, 3.8) is 0 Å². The molecule has 0 atom stereocenters. The number of pyridine rings is 1. The average molecular weight is 408 g/mol. The van der Waals surface area contributed by atoms with Gasteiger partial charge in [0.15, 0.2) is 5.65 Å². The van der Waals surface area contributed by atoms with Crippen molar-refractivity contribution in [1.82, 2.24) is 23.8 Å². The van der Waals surface area contributed by atoms with Crippen molar-refractivity contribution in [1.29, 1.82) is 0 Å². The SMILES string of the molecule is O=C(CCn1c(=O)c2cccn2c2cccnc21)N1CCN(C2CCCCC2)CC1. The lowest BCUT2D eigenvalue weighted by molar-refractivity contribution is -0.133. The lowest BCUT2D eigenvalue weighted by Crippen LogP contribution is -2.52. The summed E-state index contributed by atoms with van der Waals surface area (Å²) in [6, 6.07) is 8.22. The van der Waals surface area contributed by atoms with E-state index in [1.54, 1.807) is 10.8 Å². The number of aromatic nitrogens is 3. The minimum atomic E-state index is -0.0962. The van der Waals surface area contributed by atoms with Gasteiger partial charge in [0, 0.05) is 57.6 Å². The third-order valence-corrected chi connectivity index (χ3v) is 6.80. The van der Waals surface area contributed by atoms with Crippen LogP contribution in [0.5, 0.6) is 0 Å². The second-order valence-electron chi connectivity index (χ2n) is 8.52. The maximum absolute atomic E-state index is 13.0. The van der Waals surface area contributed by atoms with Crippen LogP contribution in [0.1, 0.15) is 38.5 Å². The first-order valence-electron chi connectivity index (χ1n) is 11.2. The number of piperazine rings is 1. The molecule has 1 amide bonds. The summed E-state index contributed by atoms with van der Waals surface area (Å²) in [6.07, 6.45) is 10.6. The third kappa shape index (κ3) is 3.51. The number of amides is 1. The van der Waals surface area contributed by atoms with Gasteiger partial charge >= 0.3 is 0 Å². The Morgan fingerprint density at radius 3 is 2.57 bits per heavy atom. The van der Waals surface area contributed by atoms with Crippen LogP contribution in [0, 0.1) is 0 Å². The van der Waals surface area contributed by atoms with Gasteiger partial charge < -0.3 is 9.30 Å². The van der Waals surface area contributed by atoms with E-state index < -0.39 is 0 Å². The lowest BCUT2D eigenvalue weighted by atomic mass is 9.94. The molecule has 0 unspecified atom stereocenters. The molecule has 2 aliphatic rings. The minimum Gasteiger partial charge on any atom is -0.340 e. The van der Waals surface area contributed by atoms with E-state index in [-0.39, 0.29) is 11.5 Å². The highest BCUT2D eigenvalue weighted by Crippen LogP contribution is 2.23. The molecule has 1 aliphatic heterocycles. The Morgan fingerprint density at radius 2 is 1.77 bits per heavy atom. The van der Waals surface area contributed by atoms with Crippen molar-refractivity contribution in [2.45, 2.75) is 51.1 Å². The summed E-state index contributed by atoms with van der Waals surface area (Å²) in [7, 11) is 0. The number of nitrogens with zero attached hydrogens (tertiary/aromatic N) is 5. The number of carbonyl (C=O) groups excluding carboxylic acids is 1. The predicted octanol–water partition coefficient (Wildman–Crippen LogP) is 2.52. The number of aryl methyl sites for hydroxylation is 1. The van der Waals surface area contributed by atoms with E-state index in [4.69, 9.17) is 0 Å². The monoisotopic (exact) mass is 407 g/mol. The molecule has 2 fully saturated rings. The first kappa shape index (κ1) is 19.3. The smallest absolute Gasteiger partial charge is 0.276 e. The van der Waals surface area contributed by atoms with Gasteiger partial charge in [-0.2, -0.15) is 0 Å². The van der Waals surface area contributed by atoms with Gasteiger partial charge in [-0.15, -0.1) is 0 Å². The van der Waals surface area contributed by atoms with Gasteiger partial charge in [-0.3, -0.25) is 19.1 Å². The van der Waals surface area contributed by atoms with E-state index in [1.807, 2.05) is 39.8 Å². The predicted molar refractivity (Wildman–Crippen MR) is 117 cm³/mol. The number of carbonyl (C=O) groups is 1. The van der Waals surface area contributed by atoms with Crippen LogP contribution in [0.15, 0.2) is 41.5 Å². The van der Waals surface area contributed by atoms with Crippen molar-refractivity contribution in [2.24, 2.45) is 0 Å². The molecule has 1 saturated heterocycles. The van der Waals surface area contributed by atoms with Crippen LogP contribution < -0.4 is 5.56 Å². The molecule has 3 aromatic heterocycles. The molecule has 7 nitrogen and oxygen atoms in total. The van der Waals surface area contributed by atoms with Gasteiger partial charge in [0.25, 0.3) is 5.56 Å². The molecule has 1 saturated carbocycles. The molecule has 5 rings (SSSR count). The van der Waals surface area contributed by atoms with Gasteiger partial charge in [-0.05, 0) is 37.1 Å². The van der Waals surface area contributed by atoms with Crippen molar-refractivity contribution >= 4 is 22.6 Å². The number of hydrogen-bond donors (Lipinski definition) is 0. The summed E-state index contributed by atoms with van der Waals surface area (Å²) >= 11 is 0. The summed E-state index contributed by atoms with van der Waals surface area (Å²) in [5, 5.41) is 0. The molecular formula is C23H29N5O2. The minimum absolute atomic E-state index is 0.0962. The fourth-order valence-electron chi connectivity index (χ4n) is 5.14. The zero-order valence-electron chi connectivity index (χ0n) is 17.4. The van der Waals surface area contributed by atoms with Crippen molar-refractivity contribution < 1.29 is 4.79 Å². The summed E-state index contributed by atoms with van der Waals surface area (Å²) in [5.41, 5.74) is 2.02. The first-order chi connectivity index (χ1) is 14.7. The van der Waals surface area contributed by atoms with E-state index in [0.717, 1.165) is 31.7 Å². The van der Waals surface area contributed by atoms with Crippen molar-refractivity contribution in [2.75, 3.05) is 26.2 Å². The van der Waals surface area contributed by atoms with Crippen LogP contribution in [0.25, 0.3) is 16.7 Å². The zero-order valence-corrected chi connectivity index (χ0v) is 17.4. The maximum Gasteiger partial charge on any atom is 0.276 e. The molecule has 0 spiro atoms. The highest BCUT2D eigenvalue weighted by Gasteiger charge is 2.27. The Balaban J connectivity index is 1.27. The second-order valence-corrected chi connectivity index (χ2v) is 8.52. The average Bonchev–Trinajstić information content (AvgIpc) is 3.30. The van der Waals surface area contributed by atoms with E-state index in [9.17, 15) is 9.59 Å². The van der Waals surface area contributed by atoms with Gasteiger partial charge in [0.05, 0.1) is 5.52 Å². The topological polar surface area (TPSA) is 62.9 Å². The van der Waals surface area contributed by atoms with Gasteiger partial charge in [0.1, 0.15) is 5.52 Å². The summed E-state index contributed by atoms with van der Waals surface area (Å²) in [6.45, 7) is 3.88. The Kier molecular flexibility index (Phi) is 5.29. The fraction of sp³-hybridized carbons (Fsp3) is 0.522. The van der Waals surface area contributed by atoms with E-state index >= 15 is 0 Å². The molecule has 3 aromatic rings. The van der Waals surface area contributed by atoms with E-state index in [0.29, 0.717) is 30.2 Å². The molecule has 7 heteroatoms. The molecule has 158 valence electrons. The fourth-order valence-corrected chi connectivity index (χ4v) is 5.14. The van der Waals surface area contributed by atoms with Crippen LogP contribution in [-0.4, -0.2) is 61.9 Å². The van der Waals surface area contributed by atoms with Crippen molar-refractivity contribution in [3.05, 3.63) is 47.0 Å². The highest BCUT2D eigenvalue weighted by molar-refractivity contribution is 5.77. The normalized spacial score (nSPS) is 19.0.